The third-order valence-corrected chi connectivity index (χ3v) is 4.18. The first-order valence-corrected chi connectivity index (χ1v) is 7.66. The van der Waals surface area contributed by atoms with E-state index in [4.69, 9.17) is 0 Å². The van der Waals surface area contributed by atoms with E-state index in [0.717, 1.165) is 23.8 Å². The molecule has 0 aromatic carbocycles. The molecule has 2 aromatic heterocycles. The average molecular weight is 279 g/mol. The summed E-state index contributed by atoms with van der Waals surface area (Å²) in [5.41, 5.74) is 1.13. The Bertz CT molecular complexity index is 452. The largest absolute Gasteiger partial charge is 0.312 e. The summed E-state index contributed by atoms with van der Waals surface area (Å²) in [7, 11) is 0. The second kappa shape index (κ2) is 6.87. The molecule has 0 radical (unpaired) electrons. The fourth-order valence-corrected chi connectivity index (χ4v) is 2.97. The maximum absolute atomic E-state index is 4.37. The van der Waals surface area contributed by atoms with Crippen LogP contribution >= 0.6 is 23.1 Å². The Balaban J connectivity index is 1.85. The zero-order valence-corrected chi connectivity index (χ0v) is 12.2. The zero-order chi connectivity index (χ0) is 12.8. The molecule has 0 fully saturated rings. The van der Waals surface area contributed by atoms with Crippen molar-refractivity contribution in [2.75, 3.05) is 6.54 Å². The Hall–Kier alpha value is -0.910. The lowest BCUT2D eigenvalue weighted by Crippen LogP contribution is -2.19. The van der Waals surface area contributed by atoms with Crippen LogP contribution in [0.3, 0.4) is 0 Å². The molecule has 2 aromatic rings. The predicted octanol–water partition coefficient (Wildman–Crippen LogP) is 3.43. The van der Waals surface area contributed by atoms with Crippen molar-refractivity contribution < 1.29 is 0 Å². The van der Waals surface area contributed by atoms with Gasteiger partial charge in [0.1, 0.15) is 0 Å². The summed E-state index contributed by atoms with van der Waals surface area (Å²) in [6.07, 6.45) is 3.80. The van der Waals surface area contributed by atoms with Crippen LogP contribution in [0.5, 0.6) is 0 Å². The van der Waals surface area contributed by atoms with E-state index in [1.165, 1.54) is 4.21 Å². The second-order valence-corrected chi connectivity index (χ2v) is 6.65. The zero-order valence-electron chi connectivity index (χ0n) is 10.6. The molecular weight excluding hydrogens is 262 g/mol. The Morgan fingerprint density at radius 2 is 2.11 bits per heavy atom. The summed E-state index contributed by atoms with van der Waals surface area (Å²) < 4.78 is 1.22. The van der Waals surface area contributed by atoms with Crippen molar-refractivity contribution in [3.8, 4) is 0 Å². The molecule has 0 unspecified atom stereocenters. The van der Waals surface area contributed by atoms with E-state index in [-0.39, 0.29) is 0 Å². The van der Waals surface area contributed by atoms with Crippen LogP contribution in [0.1, 0.15) is 19.4 Å². The number of nitrogens with one attached hydrogen (secondary N) is 1. The highest BCUT2D eigenvalue weighted by Crippen LogP contribution is 2.28. The molecule has 0 aliphatic heterocycles. The first-order valence-electron chi connectivity index (χ1n) is 5.97. The molecule has 2 heterocycles. The van der Waals surface area contributed by atoms with E-state index in [2.05, 4.69) is 40.6 Å². The van der Waals surface area contributed by atoms with Crippen molar-refractivity contribution in [2.24, 2.45) is 5.92 Å². The summed E-state index contributed by atoms with van der Waals surface area (Å²) >= 11 is 3.32. The molecule has 0 spiro atoms. The van der Waals surface area contributed by atoms with Gasteiger partial charge in [-0.2, -0.15) is 0 Å². The normalized spacial score (nSPS) is 11.1. The van der Waals surface area contributed by atoms with E-state index >= 15 is 0 Å². The summed E-state index contributed by atoms with van der Waals surface area (Å²) in [6, 6.07) is 4.12. The van der Waals surface area contributed by atoms with Crippen molar-refractivity contribution in [2.45, 2.75) is 29.8 Å². The summed E-state index contributed by atoms with van der Waals surface area (Å²) in [4.78, 5) is 8.74. The van der Waals surface area contributed by atoms with E-state index in [0.29, 0.717) is 5.92 Å². The third kappa shape index (κ3) is 4.40. The van der Waals surface area contributed by atoms with Gasteiger partial charge in [0, 0.05) is 24.5 Å². The highest BCUT2D eigenvalue weighted by Gasteiger charge is 2.02. The van der Waals surface area contributed by atoms with Gasteiger partial charge in [0.2, 0.25) is 0 Å². The first kappa shape index (κ1) is 13.5. The van der Waals surface area contributed by atoms with E-state index < -0.39 is 0 Å². The van der Waals surface area contributed by atoms with Gasteiger partial charge in [0.15, 0.2) is 5.16 Å². The minimum atomic E-state index is 0.666. The van der Waals surface area contributed by atoms with Crippen molar-refractivity contribution in [3.05, 3.63) is 35.5 Å². The van der Waals surface area contributed by atoms with Gasteiger partial charge in [-0.25, -0.2) is 9.97 Å². The maximum Gasteiger partial charge on any atom is 0.193 e. The van der Waals surface area contributed by atoms with Crippen LogP contribution in [0, 0.1) is 5.92 Å². The van der Waals surface area contributed by atoms with Gasteiger partial charge >= 0.3 is 0 Å². The lowest BCUT2D eigenvalue weighted by Gasteiger charge is -2.06. The topological polar surface area (TPSA) is 37.8 Å². The molecule has 0 atom stereocenters. The third-order valence-electron chi connectivity index (χ3n) is 2.25. The Labute approximate surface area is 116 Å². The van der Waals surface area contributed by atoms with Crippen LogP contribution in [0.4, 0.5) is 0 Å². The molecule has 5 heteroatoms. The van der Waals surface area contributed by atoms with Gasteiger partial charge in [-0.1, -0.05) is 19.9 Å². The minimum Gasteiger partial charge on any atom is -0.312 e. The maximum atomic E-state index is 4.37. The monoisotopic (exact) mass is 279 g/mol. The molecule has 0 bridgehead atoms. The number of hydrogen-bond donors (Lipinski definition) is 1. The van der Waals surface area contributed by atoms with Gasteiger partial charge in [0.05, 0.1) is 4.21 Å². The molecule has 0 aliphatic carbocycles. The van der Waals surface area contributed by atoms with Crippen LogP contribution in [-0.4, -0.2) is 16.5 Å². The Morgan fingerprint density at radius 3 is 2.72 bits per heavy atom. The molecule has 0 saturated carbocycles. The number of nitrogens with zero attached hydrogens (tertiary/aromatic N) is 2. The number of aromatic nitrogens is 2. The van der Waals surface area contributed by atoms with Crippen LogP contribution in [0.25, 0.3) is 0 Å². The van der Waals surface area contributed by atoms with Crippen molar-refractivity contribution in [1.82, 2.24) is 15.3 Å². The van der Waals surface area contributed by atoms with Crippen molar-refractivity contribution in [3.63, 3.8) is 0 Å². The molecule has 18 heavy (non-hydrogen) atoms. The van der Waals surface area contributed by atoms with Crippen LogP contribution < -0.4 is 5.32 Å². The van der Waals surface area contributed by atoms with Crippen LogP contribution in [-0.2, 0) is 6.54 Å². The average Bonchev–Trinajstić information content (AvgIpc) is 2.84. The lowest BCUT2D eigenvalue weighted by molar-refractivity contribution is 0.550. The summed E-state index contributed by atoms with van der Waals surface area (Å²) in [5.74, 6) is 0.666. The van der Waals surface area contributed by atoms with Crippen LogP contribution in [0.2, 0.25) is 0 Å². The van der Waals surface area contributed by atoms with Gasteiger partial charge in [-0.15, -0.1) is 11.3 Å². The molecule has 2 rings (SSSR count). The smallest absolute Gasteiger partial charge is 0.193 e. The Kier molecular flexibility index (Phi) is 5.16. The SMILES string of the molecule is CC(C)CNCc1cnc(Sc2cccs2)nc1. The van der Waals surface area contributed by atoms with E-state index in [9.17, 15) is 0 Å². The quantitative estimate of drug-likeness (QED) is 0.822. The minimum absolute atomic E-state index is 0.666. The second-order valence-electron chi connectivity index (χ2n) is 4.43. The molecule has 0 amide bonds. The van der Waals surface area contributed by atoms with Crippen molar-refractivity contribution >= 4 is 23.1 Å². The first-order chi connectivity index (χ1) is 8.74. The molecule has 0 saturated heterocycles. The highest BCUT2D eigenvalue weighted by atomic mass is 32.2. The highest BCUT2D eigenvalue weighted by molar-refractivity contribution is 8.01. The summed E-state index contributed by atoms with van der Waals surface area (Å²) in [6.45, 7) is 6.25. The Morgan fingerprint density at radius 1 is 1.33 bits per heavy atom. The molecule has 0 aliphatic rings. The van der Waals surface area contributed by atoms with Gasteiger partial charge in [-0.3, -0.25) is 0 Å². The fourth-order valence-electron chi connectivity index (χ4n) is 1.40. The summed E-state index contributed by atoms with van der Waals surface area (Å²) in [5, 5.41) is 6.25. The standard InChI is InChI=1S/C13H17N3S2/c1-10(2)6-14-7-11-8-15-13(16-9-11)18-12-4-3-5-17-12/h3-5,8-10,14H,6-7H2,1-2H3. The van der Waals surface area contributed by atoms with E-state index in [1.54, 1.807) is 23.1 Å². The number of hydrogen-bond acceptors (Lipinski definition) is 5. The number of rotatable bonds is 6. The fraction of sp³-hybridized carbons (Fsp3) is 0.385. The molecular formula is C13H17N3S2. The van der Waals surface area contributed by atoms with Crippen molar-refractivity contribution in [1.29, 1.82) is 0 Å². The van der Waals surface area contributed by atoms with Gasteiger partial charge in [-0.05, 0) is 35.7 Å². The van der Waals surface area contributed by atoms with Crippen LogP contribution in [0.15, 0.2) is 39.3 Å². The van der Waals surface area contributed by atoms with Gasteiger partial charge < -0.3 is 5.32 Å². The van der Waals surface area contributed by atoms with E-state index in [1.807, 2.05) is 18.5 Å². The molecule has 96 valence electrons. The molecule has 1 N–H and O–H groups in total. The predicted molar refractivity (Wildman–Crippen MR) is 77.0 cm³/mol. The molecule has 3 nitrogen and oxygen atoms in total. The van der Waals surface area contributed by atoms with Gasteiger partial charge in [0.25, 0.3) is 0 Å². The lowest BCUT2D eigenvalue weighted by atomic mass is 10.2. The number of thiophene rings is 1.